The van der Waals surface area contributed by atoms with E-state index < -0.39 is 16.1 Å². The van der Waals surface area contributed by atoms with Crippen LogP contribution in [0, 0.1) is 0 Å². The van der Waals surface area contributed by atoms with Crippen LogP contribution in [0.5, 0.6) is 5.75 Å². The third kappa shape index (κ3) is 4.25. The molecule has 0 aliphatic carbocycles. The molecule has 150 valence electrons. The van der Waals surface area contributed by atoms with Crippen molar-refractivity contribution in [2.75, 3.05) is 10.8 Å². The molecule has 1 heterocycles. The predicted molar refractivity (Wildman–Crippen MR) is 109 cm³/mol. The first-order valence-corrected chi connectivity index (χ1v) is 11.0. The highest BCUT2D eigenvalue weighted by atomic mass is 35.5. The molecule has 0 fully saturated rings. The van der Waals surface area contributed by atoms with Crippen LogP contribution in [0.25, 0.3) is 0 Å². The van der Waals surface area contributed by atoms with Gasteiger partial charge in [-0.2, -0.15) is 0 Å². The van der Waals surface area contributed by atoms with Crippen molar-refractivity contribution in [1.29, 1.82) is 0 Å². The number of hydrogen-bond acceptors (Lipinski definition) is 4. The molecule has 0 spiro atoms. The van der Waals surface area contributed by atoms with E-state index in [4.69, 9.17) is 16.3 Å². The van der Waals surface area contributed by atoms with Crippen LogP contribution < -0.4 is 14.4 Å². The maximum atomic E-state index is 13.2. The Kier molecular flexibility index (Phi) is 6.15. The number of para-hydroxylation sites is 2. The monoisotopic (exact) mass is 422 g/mol. The second-order valence-corrected chi connectivity index (χ2v) is 9.06. The second kappa shape index (κ2) is 8.41. The lowest BCUT2D eigenvalue weighted by Gasteiger charge is -2.35. The Bertz CT molecular complexity index is 947. The van der Waals surface area contributed by atoms with E-state index in [-0.39, 0.29) is 23.4 Å². The smallest absolute Gasteiger partial charge is 0.264 e. The molecule has 0 unspecified atom stereocenters. The van der Waals surface area contributed by atoms with E-state index in [1.54, 1.807) is 24.3 Å². The molecule has 2 atom stereocenters. The molecule has 0 aromatic heterocycles. The van der Waals surface area contributed by atoms with E-state index in [9.17, 15) is 13.2 Å². The summed E-state index contributed by atoms with van der Waals surface area (Å²) < 4.78 is 33.5. The Morgan fingerprint density at radius 1 is 1.25 bits per heavy atom. The number of amides is 1. The number of fused-ring (bicyclic) bond motifs is 1. The standard InChI is InChI=1S/C20H23ClN2O4S/c1-3-6-14(2)22-20(24)19-13-23(17-7-4-5-8-18(17)27-19)28(25,26)16-11-9-15(21)10-12-16/h4-5,7-12,14,19H,3,6,13H2,1-2H3,(H,22,24)/t14-,19-/m0/s1. The van der Waals surface area contributed by atoms with Gasteiger partial charge in [-0.1, -0.05) is 37.1 Å². The zero-order valence-corrected chi connectivity index (χ0v) is 17.3. The highest BCUT2D eigenvalue weighted by molar-refractivity contribution is 7.92. The largest absolute Gasteiger partial charge is 0.476 e. The molecule has 1 N–H and O–H groups in total. The van der Waals surface area contributed by atoms with E-state index in [0.29, 0.717) is 16.5 Å². The van der Waals surface area contributed by atoms with Gasteiger partial charge in [0, 0.05) is 11.1 Å². The number of hydrogen-bond donors (Lipinski definition) is 1. The van der Waals surface area contributed by atoms with Crippen molar-refractivity contribution >= 4 is 33.2 Å². The van der Waals surface area contributed by atoms with Crippen molar-refractivity contribution in [3.8, 4) is 5.75 Å². The Labute approximate surface area is 170 Å². The van der Waals surface area contributed by atoms with Crippen molar-refractivity contribution in [1.82, 2.24) is 5.32 Å². The highest BCUT2D eigenvalue weighted by Gasteiger charge is 2.37. The number of rotatable bonds is 6. The van der Waals surface area contributed by atoms with Gasteiger partial charge >= 0.3 is 0 Å². The molecule has 8 heteroatoms. The van der Waals surface area contributed by atoms with E-state index >= 15 is 0 Å². The minimum Gasteiger partial charge on any atom is -0.476 e. The minimum atomic E-state index is -3.88. The van der Waals surface area contributed by atoms with Gasteiger partial charge in [0.25, 0.3) is 15.9 Å². The van der Waals surface area contributed by atoms with Gasteiger partial charge in [-0.15, -0.1) is 0 Å². The van der Waals surface area contributed by atoms with E-state index in [1.165, 1.54) is 28.6 Å². The number of carbonyl (C=O) groups excluding carboxylic acids is 1. The van der Waals surface area contributed by atoms with Gasteiger partial charge < -0.3 is 10.1 Å². The first kappa shape index (κ1) is 20.5. The number of anilines is 1. The maximum absolute atomic E-state index is 13.2. The summed E-state index contributed by atoms with van der Waals surface area (Å²) in [7, 11) is -3.88. The van der Waals surface area contributed by atoms with Crippen LogP contribution in [0.2, 0.25) is 5.02 Å². The van der Waals surface area contributed by atoms with Gasteiger partial charge in [0.15, 0.2) is 6.10 Å². The summed E-state index contributed by atoms with van der Waals surface area (Å²) in [5.74, 6) is 0.0290. The van der Waals surface area contributed by atoms with Gasteiger partial charge in [0.2, 0.25) is 0 Å². The lowest BCUT2D eigenvalue weighted by molar-refractivity contribution is -0.128. The summed E-state index contributed by atoms with van der Waals surface area (Å²) >= 11 is 5.89. The number of nitrogens with one attached hydrogen (secondary N) is 1. The zero-order valence-electron chi connectivity index (χ0n) is 15.8. The average Bonchev–Trinajstić information content (AvgIpc) is 2.67. The first-order chi connectivity index (χ1) is 13.3. The molecular weight excluding hydrogens is 400 g/mol. The lowest BCUT2D eigenvalue weighted by Crippen LogP contribution is -2.52. The molecule has 3 rings (SSSR count). The SMILES string of the molecule is CCC[C@H](C)NC(=O)[C@@H]1CN(S(=O)(=O)c2ccc(Cl)cc2)c2ccccc2O1. The molecule has 0 bridgehead atoms. The summed E-state index contributed by atoms with van der Waals surface area (Å²) in [6.07, 6.45) is 0.839. The normalized spacial score (nSPS) is 17.4. The van der Waals surface area contributed by atoms with E-state index in [0.717, 1.165) is 12.8 Å². The Morgan fingerprint density at radius 2 is 1.93 bits per heavy atom. The van der Waals surface area contributed by atoms with Crippen molar-refractivity contribution in [3.05, 3.63) is 53.6 Å². The molecule has 1 amide bonds. The van der Waals surface area contributed by atoms with Crippen LogP contribution in [-0.2, 0) is 14.8 Å². The Morgan fingerprint density at radius 3 is 2.61 bits per heavy atom. The fraction of sp³-hybridized carbons (Fsp3) is 0.350. The van der Waals surface area contributed by atoms with Crippen molar-refractivity contribution in [3.63, 3.8) is 0 Å². The number of carbonyl (C=O) groups is 1. The van der Waals surface area contributed by atoms with Gasteiger partial charge in [0.1, 0.15) is 5.75 Å². The van der Waals surface area contributed by atoms with E-state index in [1.807, 2.05) is 13.8 Å². The average molecular weight is 423 g/mol. The molecule has 0 radical (unpaired) electrons. The molecule has 2 aromatic rings. The summed E-state index contributed by atoms with van der Waals surface area (Å²) in [6.45, 7) is 3.85. The van der Waals surface area contributed by atoms with Crippen molar-refractivity contribution < 1.29 is 17.9 Å². The van der Waals surface area contributed by atoms with Crippen LogP contribution in [0.4, 0.5) is 5.69 Å². The topological polar surface area (TPSA) is 75.7 Å². The van der Waals surface area contributed by atoms with Crippen LogP contribution in [0.1, 0.15) is 26.7 Å². The van der Waals surface area contributed by atoms with Gasteiger partial charge in [0.05, 0.1) is 17.1 Å². The second-order valence-electron chi connectivity index (χ2n) is 6.76. The fourth-order valence-corrected chi connectivity index (χ4v) is 4.74. The maximum Gasteiger partial charge on any atom is 0.264 e. The molecule has 0 saturated heterocycles. The molecule has 6 nitrogen and oxygen atoms in total. The summed E-state index contributed by atoms with van der Waals surface area (Å²) in [6, 6.07) is 12.7. The molecule has 1 aliphatic heterocycles. The van der Waals surface area contributed by atoms with Crippen molar-refractivity contribution in [2.45, 2.75) is 43.7 Å². The Hall–Kier alpha value is -2.25. The number of sulfonamides is 1. The summed E-state index contributed by atoms with van der Waals surface area (Å²) in [4.78, 5) is 12.8. The van der Waals surface area contributed by atoms with Gasteiger partial charge in [-0.25, -0.2) is 8.42 Å². The molecule has 0 saturated carbocycles. The number of halogens is 1. The minimum absolute atomic E-state index is 0.0143. The third-order valence-corrected chi connectivity index (χ3v) is 6.59. The quantitative estimate of drug-likeness (QED) is 0.771. The predicted octanol–water partition coefficient (Wildman–Crippen LogP) is 3.60. The van der Waals surface area contributed by atoms with Crippen LogP contribution in [0.15, 0.2) is 53.4 Å². The first-order valence-electron chi connectivity index (χ1n) is 9.17. The fourth-order valence-electron chi connectivity index (χ4n) is 3.14. The van der Waals surface area contributed by atoms with Crippen LogP contribution in [0.3, 0.4) is 0 Å². The van der Waals surface area contributed by atoms with Gasteiger partial charge in [-0.05, 0) is 49.7 Å². The molecule has 2 aromatic carbocycles. The van der Waals surface area contributed by atoms with E-state index in [2.05, 4.69) is 5.32 Å². The molecule has 28 heavy (non-hydrogen) atoms. The highest BCUT2D eigenvalue weighted by Crippen LogP contribution is 2.37. The number of ether oxygens (including phenoxy) is 1. The number of benzene rings is 2. The Balaban J connectivity index is 1.93. The summed E-state index contributed by atoms with van der Waals surface area (Å²) in [5.41, 5.74) is 0.406. The van der Waals surface area contributed by atoms with Crippen LogP contribution in [-0.4, -0.2) is 33.0 Å². The third-order valence-electron chi connectivity index (χ3n) is 4.54. The zero-order chi connectivity index (χ0) is 20.3. The van der Waals surface area contributed by atoms with Crippen molar-refractivity contribution in [2.24, 2.45) is 0 Å². The van der Waals surface area contributed by atoms with Crippen LogP contribution >= 0.6 is 11.6 Å². The molecule has 1 aliphatic rings. The molecular formula is C20H23ClN2O4S. The summed E-state index contributed by atoms with van der Waals surface area (Å²) in [5, 5.41) is 3.35. The number of nitrogens with zero attached hydrogens (tertiary/aromatic N) is 1. The lowest BCUT2D eigenvalue weighted by atomic mass is 10.1. The van der Waals surface area contributed by atoms with Gasteiger partial charge in [-0.3, -0.25) is 9.10 Å².